The van der Waals surface area contributed by atoms with Crippen molar-refractivity contribution in [3.63, 3.8) is 0 Å². The Morgan fingerprint density at radius 3 is 1.15 bits per heavy atom. The minimum Gasteiger partial charge on any atom is -0.494 e. The molecule has 6 aliphatic heterocycles. The summed E-state index contributed by atoms with van der Waals surface area (Å²) in [5, 5.41) is 42.0. The van der Waals surface area contributed by atoms with Crippen molar-refractivity contribution in [3.8, 4) is 62.3 Å². The maximum absolute atomic E-state index is 14.2. The van der Waals surface area contributed by atoms with Gasteiger partial charge in [-0.05, 0) is 270 Å². The van der Waals surface area contributed by atoms with Gasteiger partial charge in [0.05, 0.1) is 117 Å². The molecule has 0 radical (unpaired) electrons. The Labute approximate surface area is 872 Å². The first kappa shape index (κ1) is 104. The second-order valence-electron chi connectivity index (χ2n) is 41.3. The molecule has 780 valence electrons. The molecule has 4 saturated carbocycles. The van der Waals surface area contributed by atoms with Gasteiger partial charge in [-0.2, -0.15) is 17.2 Å². The maximum Gasteiger partial charge on any atom is 0.243 e. The maximum atomic E-state index is 14.2. The number of sulfonamides is 4. The smallest absolute Gasteiger partial charge is 0.243 e. The molecule has 4 aliphatic carbocycles. The molecule has 34 heteroatoms. The van der Waals surface area contributed by atoms with E-state index in [1.807, 2.05) is 103 Å². The van der Waals surface area contributed by atoms with Crippen molar-refractivity contribution in [1.29, 1.82) is 0 Å². The summed E-state index contributed by atoms with van der Waals surface area (Å²) in [5.41, 5.74) is 12.5. The third-order valence-electron chi connectivity index (χ3n) is 31.4. The SMILES string of the molecule is CC1(C)COc2ccc(C3(C(=O)Cc4cccc(-c5ccc(S(=O)(=O)N6CCC[C@@H]6CO)cc5)n4)CC3)cc21.COc1ccc(C2(C(=O)Nc3cccc(-c4ccc(S(=O)(=O)N5CCC[C@@H]5CO)cc4)n3)CC2)cc1F.O=C(Cc1cccc(-c2ccc(S(=O)(=O)N3CCC[C@@H]3CO)cc2)n1)C1(c2ccc3c(c2)CCO3)CC1.O=C(Cc1cccc(-c2ccc(S(=O)(=O)N3CCC[C@@H]3CO)cc2)n1)C1(c2ccc3occc3c2)CC1. The highest BCUT2D eigenvalue weighted by Gasteiger charge is 2.55. The van der Waals surface area contributed by atoms with E-state index in [1.165, 1.54) is 59.7 Å². The lowest BCUT2D eigenvalue weighted by Gasteiger charge is -2.22. The number of hydrogen-bond donors (Lipinski definition) is 5. The standard InChI is InChI=1S/C31H34N2O5S.C29H30N2O5S.C29H28N2O5S.C27H28FN3O5S/c1-30(2)20-38-28-13-10-22(17-26(28)30)31(14-15-31)29(35)18-23-5-3-7-27(32-23)21-8-11-25(12-9-21)39(36,37)33-16-4-6-24(33)19-34;2*32-19-24-4-2-15-31(24)37(34,35)25-9-6-20(7-10-25)26-5-1-3-23(30-26)18-28(33)29(13-14-29)22-8-11-27-21(17-22)12-16-36-27;1-36-24-12-9-19(16-22(24)28)27(13-14-27)26(33)30-25-6-2-5-23(29-25)18-7-10-21(11-8-18)37(34,35)31-15-3-4-20(31)17-32/h3,5,7-13,17,24,34H,4,6,14-16,18-20H2,1-2H3;1,3,5-11,17,24,32H,2,4,12-16,18-19H2;1,3,5-12,16-17,24,32H,2,4,13-15,18-19H2;2,5-12,16,20,32H,3-4,13-15,17H2,1H3,(H,29,30,33)/t3*24-;20-/m1111/s1. The Morgan fingerprint density at radius 1 is 0.407 bits per heavy atom. The molecule has 4 atom stereocenters. The third kappa shape index (κ3) is 20.9. The minimum atomic E-state index is -3.71. The van der Waals surface area contributed by atoms with Crippen molar-refractivity contribution in [2.24, 2.45) is 0 Å². The Morgan fingerprint density at radius 2 is 0.767 bits per heavy atom. The second-order valence-corrected chi connectivity index (χ2v) is 48.9. The quantitative estimate of drug-likeness (QED) is 0.0261. The van der Waals surface area contributed by atoms with Crippen molar-refractivity contribution in [1.82, 2.24) is 37.2 Å². The van der Waals surface area contributed by atoms with Gasteiger partial charge in [0, 0.05) is 132 Å². The van der Waals surface area contributed by atoms with Gasteiger partial charge >= 0.3 is 0 Å². The molecule has 4 saturated heterocycles. The number of anilines is 1. The lowest BCUT2D eigenvalue weighted by molar-refractivity contribution is -0.121. The Balaban J connectivity index is 0.000000121. The van der Waals surface area contributed by atoms with E-state index in [4.69, 9.17) is 33.6 Å². The van der Waals surface area contributed by atoms with Crippen LogP contribution >= 0.6 is 0 Å². The molecule has 13 aromatic rings. The number of ketones is 3. The summed E-state index contributed by atoms with van der Waals surface area (Å²) in [6, 6.07) is 71.8. The van der Waals surface area contributed by atoms with E-state index < -0.39 is 73.6 Å². The van der Waals surface area contributed by atoms with Crippen LogP contribution in [-0.2, 0) is 112 Å². The molecule has 0 bridgehead atoms. The summed E-state index contributed by atoms with van der Waals surface area (Å²) < 4.78 is 146. The van der Waals surface area contributed by atoms with E-state index in [0.29, 0.717) is 135 Å². The number of ether oxygens (including phenoxy) is 3. The van der Waals surface area contributed by atoms with Gasteiger partial charge in [0.2, 0.25) is 46.0 Å². The van der Waals surface area contributed by atoms with Crippen LogP contribution in [0.5, 0.6) is 17.2 Å². The fourth-order valence-electron chi connectivity index (χ4n) is 21.9. The number of aliphatic hydroxyl groups excluding tert-OH is 4. The number of fused-ring (bicyclic) bond motifs is 3. The van der Waals surface area contributed by atoms with Crippen LogP contribution in [0.4, 0.5) is 10.2 Å². The Hall–Kier alpha value is -12.8. The van der Waals surface area contributed by atoms with E-state index in [1.54, 1.807) is 115 Å². The van der Waals surface area contributed by atoms with E-state index in [0.717, 1.165) is 126 Å². The molecule has 0 unspecified atom stereocenters. The number of furan rings is 1. The molecule has 11 heterocycles. The van der Waals surface area contributed by atoms with Crippen LogP contribution < -0.4 is 19.5 Å². The van der Waals surface area contributed by atoms with Crippen molar-refractivity contribution >= 4 is 80.1 Å². The van der Waals surface area contributed by atoms with Gasteiger partial charge in [0.1, 0.15) is 40.2 Å². The summed E-state index contributed by atoms with van der Waals surface area (Å²) >= 11 is 0. The number of pyridine rings is 4. The zero-order valence-electron chi connectivity index (χ0n) is 83.7. The highest BCUT2D eigenvalue weighted by Crippen LogP contribution is 2.55. The zero-order valence-corrected chi connectivity index (χ0v) is 86.9. The molecule has 8 fully saturated rings. The van der Waals surface area contributed by atoms with Gasteiger partial charge in [-0.25, -0.2) is 43.0 Å². The fourth-order valence-corrected chi connectivity index (χ4v) is 28.7. The molecule has 0 spiro atoms. The summed E-state index contributed by atoms with van der Waals surface area (Å²) in [5.74, 6) is 2.06. The minimum absolute atomic E-state index is 0.0652. The van der Waals surface area contributed by atoms with Crippen molar-refractivity contribution in [2.75, 3.05) is 78.2 Å². The number of carbonyl (C=O) groups excluding carboxylic acids is 4. The number of aliphatic hydroxyl groups is 4. The highest BCUT2D eigenvalue weighted by atomic mass is 32.2. The number of Topliss-reactive ketones (excluding diaryl/α,β-unsaturated/α-hetero) is 3. The molecule has 1 amide bonds. The van der Waals surface area contributed by atoms with Gasteiger partial charge < -0.3 is 44.4 Å². The van der Waals surface area contributed by atoms with Crippen LogP contribution in [0, 0.1) is 5.82 Å². The van der Waals surface area contributed by atoms with Crippen LogP contribution in [0.3, 0.4) is 0 Å². The molecule has 8 aromatic carbocycles. The molecule has 23 rings (SSSR count). The largest absolute Gasteiger partial charge is 0.494 e. The molecule has 5 N–H and O–H groups in total. The lowest BCUT2D eigenvalue weighted by atomic mass is 9.82. The first-order chi connectivity index (χ1) is 72.2. The monoisotopic (exact) mass is 2110 g/mol. The predicted octanol–water partition coefficient (Wildman–Crippen LogP) is 16.3. The highest BCUT2D eigenvalue weighted by molar-refractivity contribution is 7.90. The fraction of sp³-hybridized carbons (Fsp3) is 0.362. The van der Waals surface area contributed by atoms with Gasteiger partial charge in [-0.3, -0.25) is 34.1 Å². The number of benzene rings is 8. The number of amides is 1. The molecule has 5 aromatic heterocycles. The molecule has 10 aliphatic rings. The summed E-state index contributed by atoms with van der Waals surface area (Å²) in [7, 11) is -13.3. The molecule has 29 nitrogen and oxygen atoms in total. The van der Waals surface area contributed by atoms with Crippen LogP contribution in [0.2, 0.25) is 0 Å². The first-order valence-corrected chi connectivity index (χ1v) is 57.0. The Bertz CT molecular complexity index is 7790. The van der Waals surface area contributed by atoms with E-state index in [2.05, 4.69) is 36.3 Å². The number of methoxy groups -OCH3 is 1. The van der Waals surface area contributed by atoms with Crippen molar-refractivity contribution in [3.05, 3.63) is 311 Å². The van der Waals surface area contributed by atoms with Crippen molar-refractivity contribution in [2.45, 2.75) is 213 Å². The number of carbonyl (C=O) groups is 4. The molecular formula is C116H120FN9O20S4. The second kappa shape index (κ2) is 42.4. The normalized spacial score (nSPS) is 20.0. The van der Waals surface area contributed by atoms with Crippen LogP contribution in [0.25, 0.3) is 56.0 Å². The number of hydrogen-bond acceptors (Lipinski definition) is 24. The average Bonchev–Trinajstić information content (AvgIpc) is 1.60. The molecular weight excluding hydrogens is 1990 g/mol. The topological polar surface area (TPSA) is 403 Å². The Kier molecular flexibility index (Phi) is 29.5. The summed E-state index contributed by atoms with van der Waals surface area (Å²) in [6.45, 7) is 6.62. The summed E-state index contributed by atoms with van der Waals surface area (Å²) in [4.78, 5) is 73.1. The van der Waals surface area contributed by atoms with E-state index >= 15 is 0 Å². The van der Waals surface area contributed by atoms with E-state index in [-0.39, 0.29) is 118 Å². The number of aromatic nitrogens is 4. The van der Waals surface area contributed by atoms with Gasteiger partial charge in [-0.1, -0.05) is 123 Å². The third-order valence-corrected chi connectivity index (χ3v) is 39.3. The van der Waals surface area contributed by atoms with Crippen molar-refractivity contribution < 1.29 is 96.3 Å². The predicted molar refractivity (Wildman–Crippen MR) is 563 cm³/mol. The van der Waals surface area contributed by atoms with Gasteiger partial charge in [-0.15, -0.1) is 0 Å². The number of nitrogens with one attached hydrogen (secondary N) is 1. The number of halogens is 1. The number of nitrogens with zero attached hydrogens (tertiary/aromatic N) is 8. The average molecular weight is 2110 g/mol. The first-order valence-electron chi connectivity index (χ1n) is 51.3. The lowest BCUT2D eigenvalue weighted by Crippen LogP contribution is -2.37. The van der Waals surface area contributed by atoms with Crippen LogP contribution in [0.1, 0.15) is 167 Å². The molecule has 150 heavy (non-hydrogen) atoms. The number of rotatable bonds is 32. The van der Waals surface area contributed by atoms with Crippen LogP contribution in [0.15, 0.2) is 279 Å². The van der Waals surface area contributed by atoms with E-state index in [9.17, 15) is 77.7 Å². The van der Waals surface area contributed by atoms with Gasteiger partial charge in [0.15, 0.2) is 11.6 Å². The van der Waals surface area contributed by atoms with Gasteiger partial charge in [0.25, 0.3) is 0 Å². The zero-order chi connectivity index (χ0) is 105. The summed E-state index contributed by atoms with van der Waals surface area (Å²) in [6.07, 6.45) is 15.2. The van der Waals surface area contributed by atoms with Crippen LogP contribution in [-0.4, -0.2) is 212 Å².